The van der Waals surface area contributed by atoms with E-state index in [4.69, 9.17) is 5.11 Å². The molecule has 0 amide bonds. The zero-order valence-corrected chi connectivity index (χ0v) is 12.1. The SMILES string of the molecule is CC(C)N1CC2CC[C@H](C2)C1.OCc1cccnc1. The van der Waals surface area contributed by atoms with Crippen molar-refractivity contribution in [3.63, 3.8) is 0 Å². The Balaban J connectivity index is 0.000000148. The minimum absolute atomic E-state index is 0.0772. The van der Waals surface area contributed by atoms with Crippen LogP contribution < -0.4 is 0 Å². The van der Waals surface area contributed by atoms with Crippen LogP contribution in [0.3, 0.4) is 0 Å². The molecule has 1 saturated heterocycles. The Labute approximate surface area is 116 Å². The van der Waals surface area contributed by atoms with Gasteiger partial charge in [-0.2, -0.15) is 0 Å². The van der Waals surface area contributed by atoms with Crippen molar-refractivity contribution in [3.8, 4) is 0 Å². The van der Waals surface area contributed by atoms with Gasteiger partial charge in [0.25, 0.3) is 0 Å². The Morgan fingerprint density at radius 3 is 2.42 bits per heavy atom. The summed E-state index contributed by atoms with van der Waals surface area (Å²) in [7, 11) is 0. The third-order valence-corrected chi connectivity index (χ3v) is 4.27. The largest absolute Gasteiger partial charge is 0.392 e. The number of hydrogen-bond acceptors (Lipinski definition) is 3. The predicted octanol–water partition coefficient (Wildman–Crippen LogP) is 2.70. The first-order valence-corrected chi connectivity index (χ1v) is 7.43. The van der Waals surface area contributed by atoms with E-state index in [-0.39, 0.29) is 6.61 Å². The van der Waals surface area contributed by atoms with Gasteiger partial charge in [-0.05, 0) is 56.6 Å². The smallest absolute Gasteiger partial charge is 0.0696 e. The summed E-state index contributed by atoms with van der Waals surface area (Å²) in [6.07, 6.45) is 7.87. The molecule has 0 radical (unpaired) electrons. The molecule has 0 spiro atoms. The Morgan fingerprint density at radius 1 is 1.32 bits per heavy atom. The van der Waals surface area contributed by atoms with Gasteiger partial charge in [0.2, 0.25) is 0 Å². The van der Waals surface area contributed by atoms with Gasteiger partial charge in [-0.1, -0.05) is 6.07 Å². The summed E-state index contributed by atoms with van der Waals surface area (Å²) >= 11 is 0. The quantitative estimate of drug-likeness (QED) is 0.890. The average Bonchev–Trinajstić information content (AvgIpc) is 2.79. The number of aliphatic hydroxyl groups is 1. The molecule has 2 heterocycles. The van der Waals surface area contributed by atoms with Crippen molar-refractivity contribution < 1.29 is 5.11 Å². The third-order valence-electron chi connectivity index (χ3n) is 4.27. The summed E-state index contributed by atoms with van der Waals surface area (Å²) in [5.41, 5.74) is 0.854. The molecular weight excluding hydrogens is 236 g/mol. The Bertz CT molecular complexity index is 354. The van der Waals surface area contributed by atoms with Crippen LogP contribution in [0.25, 0.3) is 0 Å². The van der Waals surface area contributed by atoms with Crippen LogP contribution in [-0.2, 0) is 6.61 Å². The summed E-state index contributed by atoms with van der Waals surface area (Å²) in [5, 5.41) is 8.50. The second-order valence-corrected chi connectivity index (χ2v) is 6.11. The highest BCUT2D eigenvalue weighted by molar-refractivity contribution is 5.06. The maximum Gasteiger partial charge on any atom is 0.0696 e. The molecule has 3 nitrogen and oxygen atoms in total. The number of aliphatic hydroxyl groups excluding tert-OH is 1. The first-order chi connectivity index (χ1) is 9.19. The van der Waals surface area contributed by atoms with Crippen LogP contribution in [-0.4, -0.2) is 34.1 Å². The second-order valence-electron chi connectivity index (χ2n) is 6.11. The number of nitrogens with zero attached hydrogens (tertiary/aromatic N) is 2. The van der Waals surface area contributed by atoms with Gasteiger partial charge in [-0.3, -0.25) is 4.98 Å². The summed E-state index contributed by atoms with van der Waals surface area (Å²) in [6, 6.07) is 4.40. The van der Waals surface area contributed by atoms with E-state index in [0.717, 1.165) is 23.4 Å². The molecule has 2 atom stereocenters. The fraction of sp³-hybridized carbons (Fsp3) is 0.688. The maximum absolute atomic E-state index is 8.50. The Kier molecular flexibility index (Phi) is 5.34. The summed E-state index contributed by atoms with van der Waals surface area (Å²) in [4.78, 5) is 6.45. The number of fused-ring (bicyclic) bond motifs is 2. The van der Waals surface area contributed by atoms with Gasteiger partial charge < -0.3 is 10.0 Å². The van der Waals surface area contributed by atoms with Crippen molar-refractivity contribution in [1.29, 1.82) is 0 Å². The number of pyridine rings is 1. The van der Waals surface area contributed by atoms with Crippen LogP contribution in [0.15, 0.2) is 24.5 Å². The molecule has 1 saturated carbocycles. The van der Waals surface area contributed by atoms with Crippen LogP contribution in [0, 0.1) is 11.8 Å². The number of likely N-dealkylation sites (tertiary alicyclic amines) is 1. The third kappa shape index (κ3) is 4.29. The standard InChI is InChI=1S/C10H19N.C6H7NO/c1-8(2)11-6-9-3-4-10(5-9)7-11;8-5-6-2-1-3-7-4-6/h8-10H,3-7H2,1-2H3;1-4,8H,5H2/t9-,10?;/m1./s1. The zero-order valence-electron chi connectivity index (χ0n) is 12.1. The van der Waals surface area contributed by atoms with Gasteiger partial charge >= 0.3 is 0 Å². The highest BCUT2D eigenvalue weighted by Gasteiger charge is 2.33. The molecule has 2 aliphatic rings. The highest BCUT2D eigenvalue weighted by atomic mass is 16.3. The second kappa shape index (κ2) is 7.01. The maximum atomic E-state index is 8.50. The number of piperidine rings is 1. The first-order valence-electron chi connectivity index (χ1n) is 7.43. The zero-order chi connectivity index (χ0) is 13.7. The van der Waals surface area contributed by atoms with Gasteiger partial charge in [0, 0.05) is 31.5 Å². The van der Waals surface area contributed by atoms with E-state index >= 15 is 0 Å². The van der Waals surface area contributed by atoms with Crippen LogP contribution in [0.2, 0.25) is 0 Å². The Morgan fingerprint density at radius 2 is 2.00 bits per heavy atom. The van der Waals surface area contributed by atoms with E-state index in [2.05, 4.69) is 23.7 Å². The van der Waals surface area contributed by atoms with E-state index in [1.807, 2.05) is 6.07 Å². The molecule has 2 bridgehead atoms. The molecule has 1 aromatic rings. The fourth-order valence-corrected chi connectivity index (χ4v) is 3.16. The van der Waals surface area contributed by atoms with E-state index < -0.39 is 0 Å². The first kappa shape index (κ1) is 14.5. The van der Waals surface area contributed by atoms with Crippen LogP contribution >= 0.6 is 0 Å². The van der Waals surface area contributed by atoms with Gasteiger partial charge in [-0.15, -0.1) is 0 Å². The lowest BCUT2D eigenvalue weighted by Gasteiger charge is -2.34. The van der Waals surface area contributed by atoms with E-state index in [0.29, 0.717) is 0 Å². The topological polar surface area (TPSA) is 36.4 Å². The lowest BCUT2D eigenvalue weighted by Crippen LogP contribution is -2.40. The van der Waals surface area contributed by atoms with Gasteiger partial charge in [-0.25, -0.2) is 0 Å². The van der Waals surface area contributed by atoms with Crippen molar-refractivity contribution >= 4 is 0 Å². The minimum Gasteiger partial charge on any atom is -0.392 e. The molecule has 19 heavy (non-hydrogen) atoms. The minimum atomic E-state index is 0.0772. The number of hydrogen-bond donors (Lipinski definition) is 1. The molecule has 1 unspecified atom stereocenters. The summed E-state index contributed by atoms with van der Waals surface area (Å²) in [5.74, 6) is 2.10. The normalized spacial score (nSPS) is 26.1. The fourth-order valence-electron chi connectivity index (χ4n) is 3.16. The van der Waals surface area contributed by atoms with Crippen LogP contribution in [0.1, 0.15) is 38.7 Å². The monoisotopic (exact) mass is 262 g/mol. The molecular formula is C16H26N2O. The van der Waals surface area contributed by atoms with Gasteiger partial charge in [0.15, 0.2) is 0 Å². The van der Waals surface area contributed by atoms with Crippen molar-refractivity contribution in [2.24, 2.45) is 11.8 Å². The van der Waals surface area contributed by atoms with E-state index in [1.165, 1.54) is 32.4 Å². The van der Waals surface area contributed by atoms with Gasteiger partial charge in [0.1, 0.15) is 0 Å². The molecule has 3 heteroatoms. The van der Waals surface area contributed by atoms with Crippen molar-refractivity contribution in [3.05, 3.63) is 30.1 Å². The molecule has 106 valence electrons. The van der Waals surface area contributed by atoms with Crippen LogP contribution in [0.5, 0.6) is 0 Å². The molecule has 1 N–H and O–H groups in total. The molecule has 1 aromatic heterocycles. The Hall–Kier alpha value is -0.930. The summed E-state index contributed by atoms with van der Waals surface area (Å²) < 4.78 is 0. The van der Waals surface area contributed by atoms with Crippen molar-refractivity contribution in [1.82, 2.24) is 9.88 Å². The van der Waals surface area contributed by atoms with E-state index in [9.17, 15) is 0 Å². The molecule has 3 rings (SSSR count). The van der Waals surface area contributed by atoms with E-state index in [1.54, 1.807) is 18.5 Å². The lowest BCUT2D eigenvalue weighted by atomic mass is 9.98. The average molecular weight is 262 g/mol. The molecule has 1 aliphatic carbocycles. The van der Waals surface area contributed by atoms with Crippen molar-refractivity contribution in [2.45, 2.75) is 45.8 Å². The van der Waals surface area contributed by atoms with Crippen LogP contribution in [0.4, 0.5) is 0 Å². The highest BCUT2D eigenvalue weighted by Crippen LogP contribution is 2.36. The molecule has 2 fully saturated rings. The summed E-state index contributed by atoms with van der Waals surface area (Å²) in [6.45, 7) is 7.49. The van der Waals surface area contributed by atoms with Crippen molar-refractivity contribution in [2.75, 3.05) is 13.1 Å². The van der Waals surface area contributed by atoms with Gasteiger partial charge in [0.05, 0.1) is 6.61 Å². The molecule has 0 aromatic carbocycles. The predicted molar refractivity (Wildman–Crippen MR) is 77.7 cm³/mol. The number of aromatic nitrogens is 1. The number of rotatable bonds is 2. The molecule has 1 aliphatic heterocycles. The lowest BCUT2D eigenvalue weighted by molar-refractivity contribution is 0.133.